The standard InChI is InChI=1S/C9H6F4O3S/c1-2-5-3-4-6(17(14,15)16)7(8(5)10)9(11,12)13/h2-4H,1H2,(H,14,15,16). The predicted molar refractivity (Wildman–Crippen MR) is 51.3 cm³/mol. The van der Waals surface area contributed by atoms with Crippen LogP contribution in [0.15, 0.2) is 23.6 Å². The van der Waals surface area contributed by atoms with Gasteiger partial charge in [-0.2, -0.15) is 21.6 Å². The van der Waals surface area contributed by atoms with E-state index in [1.165, 1.54) is 0 Å². The van der Waals surface area contributed by atoms with Crippen molar-refractivity contribution in [2.45, 2.75) is 11.1 Å². The zero-order valence-electron chi connectivity index (χ0n) is 8.12. The summed E-state index contributed by atoms with van der Waals surface area (Å²) in [5.74, 6) is -1.79. The Bertz CT molecular complexity index is 560. The number of benzene rings is 1. The fourth-order valence-corrected chi connectivity index (χ4v) is 1.91. The lowest BCUT2D eigenvalue weighted by atomic mass is 10.1. The fraction of sp³-hybridized carbons (Fsp3) is 0.111. The predicted octanol–water partition coefficient (Wildman–Crippen LogP) is 2.73. The van der Waals surface area contributed by atoms with Crippen LogP contribution in [0.25, 0.3) is 6.08 Å². The largest absolute Gasteiger partial charge is 0.420 e. The molecular formula is C9H6F4O3S. The van der Waals surface area contributed by atoms with E-state index >= 15 is 0 Å². The maximum Gasteiger partial charge on any atom is 0.420 e. The van der Waals surface area contributed by atoms with Gasteiger partial charge in [0.25, 0.3) is 10.1 Å². The lowest BCUT2D eigenvalue weighted by Gasteiger charge is -2.13. The smallest absolute Gasteiger partial charge is 0.282 e. The van der Waals surface area contributed by atoms with E-state index < -0.39 is 38.1 Å². The molecule has 94 valence electrons. The van der Waals surface area contributed by atoms with Crippen LogP contribution in [0.3, 0.4) is 0 Å². The summed E-state index contributed by atoms with van der Waals surface area (Å²) < 4.78 is 80.9. The Kier molecular flexibility index (Phi) is 3.30. The van der Waals surface area contributed by atoms with Crippen molar-refractivity contribution in [3.8, 4) is 0 Å². The van der Waals surface area contributed by atoms with Crippen LogP contribution in [0, 0.1) is 5.82 Å². The van der Waals surface area contributed by atoms with Crippen LogP contribution in [0.4, 0.5) is 17.6 Å². The van der Waals surface area contributed by atoms with Gasteiger partial charge >= 0.3 is 6.18 Å². The van der Waals surface area contributed by atoms with E-state index in [1.54, 1.807) is 0 Å². The molecule has 1 aromatic carbocycles. The molecule has 0 aliphatic heterocycles. The molecule has 0 radical (unpaired) electrons. The summed E-state index contributed by atoms with van der Waals surface area (Å²) in [7, 11) is -5.16. The molecule has 8 heteroatoms. The Morgan fingerprint density at radius 2 is 1.82 bits per heavy atom. The normalized spacial score (nSPS) is 12.5. The molecule has 0 unspecified atom stereocenters. The minimum Gasteiger partial charge on any atom is -0.282 e. The summed E-state index contributed by atoms with van der Waals surface area (Å²) in [4.78, 5) is -1.52. The Morgan fingerprint density at radius 1 is 1.29 bits per heavy atom. The van der Waals surface area contributed by atoms with Gasteiger partial charge in [-0.1, -0.05) is 18.7 Å². The molecule has 3 nitrogen and oxygen atoms in total. The molecule has 0 atom stereocenters. The van der Waals surface area contributed by atoms with Gasteiger partial charge in [-0.15, -0.1) is 0 Å². The third-order valence-corrected chi connectivity index (χ3v) is 2.81. The molecular weight excluding hydrogens is 264 g/mol. The van der Waals surface area contributed by atoms with E-state index in [0.29, 0.717) is 6.07 Å². The number of halogens is 4. The summed E-state index contributed by atoms with van der Waals surface area (Å²) in [5.41, 5.74) is -2.54. The highest BCUT2D eigenvalue weighted by Crippen LogP contribution is 2.37. The summed E-state index contributed by atoms with van der Waals surface area (Å²) in [6, 6.07) is 1.25. The SMILES string of the molecule is C=Cc1ccc(S(=O)(=O)O)c(C(F)(F)F)c1F. The molecule has 0 saturated heterocycles. The van der Waals surface area contributed by atoms with Crippen molar-refractivity contribution in [3.05, 3.63) is 35.7 Å². The molecule has 1 aromatic rings. The van der Waals surface area contributed by atoms with Crippen LogP contribution in [0.5, 0.6) is 0 Å². The average molecular weight is 270 g/mol. The molecule has 0 aliphatic carbocycles. The third kappa shape index (κ3) is 2.64. The van der Waals surface area contributed by atoms with E-state index in [4.69, 9.17) is 4.55 Å². The van der Waals surface area contributed by atoms with Crippen LogP contribution in [0.2, 0.25) is 0 Å². The second kappa shape index (κ2) is 4.11. The minimum absolute atomic E-state index is 0.470. The van der Waals surface area contributed by atoms with Crippen molar-refractivity contribution in [3.63, 3.8) is 0 Å². The van der Waals surface area contributed by atoms with Crippen molar-refractivity contribution in [2.24, 2.45) is 0 Å². The van der Waals surface area contributed by atoms with Crippen molar-refractivity contribution in [2.75, 3.05) is 0 Å². The van der Waals surface area contributed by atoms with Crippen molar-refractivity contribution < 1.29 is 30.5 Å². The molecule has 0 amide bonds. The van der Waals surface area contributed by atoms with E-state index in [9.17, 15) is 26.0 Å². The lowest BCUT2D eigenvalue weighted by molar-refractivity contribution is -0.142. The molecule has 0 heterocycles. The van der Waals surface area contributed by atoms with Gasteiger partial charge in [0.15, 0.2) is 0 Å². The number of alkyl halides is 3. The third-order valence-electron chi connectivity index (χ3n) is 1.91. The van der Waals surface area contributed by atoms with Crippen LogP contribution >= 0.6 is 0 Å². The molecule has 0 bridgehead atoms. The van der Waals surface area contributed by atoms with Crippen molar-refractivity contribution in [1.29, 1.82) is 0 Å². The number of hydrogen-bond acceptors (Lipinski definition) is 2. The number of hydrogen-bond donors (Lipinski definition) is 1. The lowest BCUT2D eigenvalue weighted by Crippen LogP contribution is -2.16. The van der Waals surface area contributed by atoms with E-state index in [0.717, 1.165) is 12.1 Å². The van der Waals surface area contributed by atoms with Gasteiger partial charge < -0.3 is 0 Å². The molecule has 1 rings (SSSR count). The second-order valence-electron chi connectivity index (χ2n) is 3.02. The second-order valence-corrected chi connectivity index (χ2v) is 4.41. The molecule has 0 fully saturated rings. The van der Waals surface area contributed by atoms with Crippen molar-refractivity contribution >= 4 is 16.2 Å². The fourth-order valence-electron chi connectivity index (χ4n) is 1.21. The van der Waals surface area contributed by atoms with E-state index in [-0.39, 0.29) is 0 Å². The monoisotopic (exact) mass is 270 g/mol. The number of rotatable bonds is 2. The maximum atomic E-state index is 13.4. The van der Waals surface area contributed by atoms with Crippen LogP contribution in [0.1, 0.15) is 11.1 Å². The van der Waals surface area contributed by atoms with Crippen LogP contribution in [-0.4, -0.2) is 13.0 Å². The first-order valence-corrected chi connectivity index (χ1v) is 5.52. The maximum absolute atomic E-state index is 13.4. The van der Waals surface area contributed by atoms with Gasteiger partial charge in [0.05, 0.1) is 0 Å². The van der Waals surface area contributed by atoms with Gasteiger partial charge in [-0.25, -0.2) is 4.39 Å². The van der Waals surface area contributed by atoms with E-state index in [1.807, 2.05) is 0 Å². The summed E-state index contributed by atoms with van der Waals surface area (Å²) in [6.07, 6.45) is -4.44. The average Bonchev–Trinajstić information content (AvgIpc) is 2.13. The van der Waals surface area contributed by atoms with E-state index in [2.05, 4.69) is 6.58 Å². The van der Waals surface area contributed by atoms with Crippen molar-refractivity contribution in [1.82, 2.24) is 0 Å². The van der Waals surface area contributed by atoms with Crippen LogP contribution < -0.4 is 0 Å². The summed E-state index contributed by atoms with van der Waals surface area (Å²) >= 11 is 0. The molecule has 0 aromatic heterocycles. The van der Waals surface area contributed by atoms with Gasteiger partial charge in [-0.3, -0.25) is 4.55 Å². The van der Waals surface area contributed by atoms with Gasteiger partial charge in [-0.05, 0) is 6.07 Å². The highest BCUT2D eigenvalue weighted by molar-refractivity contribution is 7.85. The van der Waals surface area contributed by atoms with Gasteiger partial charge in [0, 0.05) is 5.56 Å². The minimum atomic E-state index is -5.24. The zero-order chi connectivity index (χ0) is 13.4. The first kappa shape index (κ1) is 13.7. The topological polar surface area (TPSA) is 54.4 Å². The quantitative estimate of drug-likeness (QED) is 0.664. The van der Waals surface area contributed by atoms with Crippen LogP contribution in [-0.2, 0) is 16.3 Å². The zero-order valence-corrected chi connectivity index (χ0v) is 8.94. The Labute approximate surface area is 94.1 Å². The Morgan fingerprint density at radius 3 is 2.18 bits per heavy atom. The molecule has 17 heavy (non-hydrogen) atoms. The van der Waals surface area contributed by atoms with Gasteiger partial charge in [0.2, 0.25) is 0 Å². The Balaban J connectivity index is 3.77. The molecule has 0 saturated carbocycles. The first-order chi connectivity index (χ1) is 7.59. The molecule has 0 spiro atoms. The summed E-state index contributed by atoms with van der Waals surface area (Å²) in [6.45, 7) is 3.09. The molecule has 0 aliphatic rings. The van der Waals surface area contributed by atoms with Gasteiger partial charge in [0.1, 0.15) is 16.3 Å². The Hall–Kier alpha value is -1.41. The summed E-state index contributed by atoms with van der Waals surface area (Å²) in [5, 5.41) is 0. The molecule has 1 N–H and O–H groups in total. The highest BCUT2D eigenvalue weighted by atomic mass is 32.2. The highest BCUT2D eigenvalue weighted by Gasteiger charge is 2.40. The first-order valence-electron chi connectivity index (χ1n) is 4.08.